The number of likely N-dealkylation sites (N-methyl/N-ethyl adjacent to an activating group) is 1. The van der Waals surface area contributed by atoms with Gasteiger partial charge in [0.2, 0.25) is 5.91 Å². The highest BCUT2D eigenvalue weighted by atomic mass is 16.5. The van der Waals surface area contributed by atoms with Gasteiger partial charge in [0.15, 0.2) is 0 Å². The van der Waals surface area contributed by atoms with Gasteiger partial charge in [-0.2, -0.15) is 0 Å². The summed E-state index contributed by atoms with van der Waals surface area (Å²) in [5.74, 6) is 1.66. The average Bonchev–Trinajstić information content (AvgIpc) is 3.35. The van der Waals surface area contributed by atoms with E-state index in [0.717, 1.165) is 49.6 Å². The van der Waals surface area contributed by atoms with E-state index in [1.54, 1.807) is 24.7 Å². The number of rotatable bonds is 5. The second-order valence-corrected chi connectivity index (χ2v) is 11.1. The molecule has 34 heavy (non-hydrogen) atoms. The van der Waals surface area contributed by atoms with E-state index in [0.29, 0.717) is 6.42 Å². The summed E-state index contributed by atoms with van der Waals surface area (Å²) >= 11 is 0. The Bertz CT molecular complexity index is 1160. The van der Waals surface area contributed by atoms with Gasteiger partial charge in [0.1, 0.15) is 11.9 Å². The molecule has 3 heterocycles. The van der Waals surface area contributed by atoms with E-state index in [-0.39, 0.29) is 24.1 Å². The largest absolute Gasteiger partial charge is 0.487 e. The monoisotopic (exact) mass is 460 g/mol. The summed E-state index contributed by atoms with van der Waals surface area (Å²) in [5, 5.41) is 12.5. The van der Waals surface area contributed by atoms with E-state index < -0.39 is 11.0 Å². The number of carbonyl (C=O) groups is 1. The smallest absolute Gasteiger partial charge is 0.246 e. The number of piperidine rings is 1. The fourth-order valence-corrected chi connectivity index (χ4v) is 7.64. The Hall–Kier alpha value is -2.57. The zero-order valence-electron chi connectivity index (χ0n) is 19.7. The predicted molar refractivity (Wildman–Crippen MR) is 127 cm³/mol. The van der Waals surface area contributed by atoms with Crippen molar-refractivity contribution in [2.45, 2.75) is 67.7 Å². The Morgan fingerprint density at radius 2 is 2.15 bits per heavy atom. The molecule has 1 unspecified atom stereocenters. The van der Waals surface area contributed by atoms with Crippen LogP contribution in [0.1, 0.15) is 48.8 Å². The van der Waals surface area contributed by atoms with Gasteiger partial charge in [-0.25, -0.2) is 0 Å². The first-order valence-electron chi connectivity index (χ1n) is 12.7. The number of benzene rings is 1. The van der Waals surface area contributed by atoms with Crippen LogP contribution < -0.4 is 4.74 Å². The first-order valence-corrected chi connectivity index (χ1v) is 12.7. The van der Waals surface area contributed by atoms with E-state index in [9.17, 15) is 9.90 Å². The second kappa shape index (κ2) is 7.22. The van der Waals surface area contributed by atoms with Crippen LogP contribution in [0.3, 0.4) is 0 Å². The van der Waals surface area contributed by atoms with Gasteiger partial charge >= 0.3 is 0 Å². The van der Waals surface area contributed by atoms with Crippen LogP contribution in [0.5, 0.6) is 5.75 Å². The van der Waals surface area contributed by atoms with Crippen LogP contribution in [0.2, 0.25) is 0 Å². The highest BCUT2D eigenvalue weighted by Crippen LogP contribution is 2.64. The Morgan fingerprint density at radius 3 is 2.94 bits per heavy atom. The number of carbonyl (C=O) groups excluding carboxylic acids is 1. The molecule has 178 valence electrons. The Morgan fingerprint density at radius 1 is 1.26 bits per heavy atom. The molecule has 5 atom stereocenters. The summed E-state index contributed by atoms with van der Waals surface area (Å²) < 4.78 is 11.8. The summed E-state index contributed by atoms with van der Waals surface area (Å²) in [6.45, 7) is 2.09. The Labute approximate surface area is 200 Å². The van der Waals surface area contributed by atoms with Crippen LogP contribution in [-0.4, -0.2) is 64.7 Å². The first kappa shape index (κ1) is 20.8. The average molecular weight is 461 g/mol. The fraction of sp³-hybridized carbons (Fsp3) is 0.536. The molecule has 1 saturated heterocycles. The van der Waals surface area contributed by atoms with Gasteiger partial charge in [0, 0.05) is 36.8 Å². The molecular weight excluding hydrogens is 428 g/mol. The third kappa shape index (κ3) is 2.73. The van der Waals surface area contributed by atoms with Gasteiger partial charge in [0.25, 0.3) is 0 Å². The molecule has 2 bridgehead atoms. The molecule has 2 saturated carbocycles. The molecule has 3 fully saturated rings. The molecule has 6 nitrogen and oxygen atoms in total. The summed E-state index contributed by atoms with van der Waals surface area (Å²) in [6.07, 6.45) is 12.2. The van der Waals surface area contributed by atoms with Gasteiger partial charge in [-0.3, -0.25) is 9.69 Å². The van der Waals surface area contributed by atoms with Crippen molar-refractivity contribution in [2.24, 2.45) is 5.92 Å². The topological polar surface area (TPSA) is 66.2 Å². The zero-order chi connectivity index (χ0) is 23.1. The third-order valence-electron chi connectivity index (χ3n) is 9.44. The van der Waals surface area contributed by atoms with Crippen molar-refractivity contribution >= 4 is 12.0 Å². The molecule has 5 aliphatic rings. The number of furan rings is 1. The lowest BCUT2D eigenvalue weighted by atomic mass is 9.48. The highest BCUT2D eigenvalue weighted by Gasteiger charge is 2.73. The van der Waals surface area contributed by atoms with Gasteiger partial charge in [-0.05, 0) is 74.8 Å². The van der Waals surface area contributed by atoms with E-state index in [2.05, 4.69) is 23.1 Å². The van der Waals surface area contributed by atoms with Crippen molar-refractivity contribution in [1.82, 2.24) is 9.80 Å². The molecule has 2 aliphatic heterocycles. The van der Waals surface area contributed by atoms with E-state index in [4.69, 9.17) is 9.15 Å². The quantitative estimate of drug-likeness (QED) is 0.693. The molecule has 1 amide bonds. The van der Waals surface area contributed by atoms with E-state index >= 15 is 0 Å². The van der Waals surface area contributed by atoms with Crippen molar-refractivity contribution < 1.29 is 19.1 Å². The molecule has 1 aromatic heterocycles. The molecule has 1 N–H and O–H groups in total. The number of amides is 1. The molecule has 3 aliphatic carbocycles. The van der Waals surface area contributed by atoms with Crippen LogP contribution in [0.4, 0.5) is 0 Å². The molecule has 7 rings (SSSR count). The fourth-order valence-electron chi connectivity index (χ4n) is 7.64. The van der Waals surface area contributed by atoms with Crippen molar-refractivity contribution in [3.63, 3.8) is 0 Å². The van der Waals surface area contributed by atoms with Gasteiger partial charge in [-0.15, -0.1) is 0 Å². The Balaban J connectivity index is 1.26. The minimum Gasteiger partial charge on any atom is -0.487 e. The lowest BCUT2D eigenvalue weighted by molar-refractivity contribution is -0.200. The normalized spacial score (nSPS) is 35.8. The van der Waals surface area contributed by atoms with E-state index in [1.165, 1.54) is 24.0 Å². The maximum atomic E-state index is 13.2. The standard InChI is InChI=1S/C28H32N2O4/c1-29(24(31)8-7-19-10-14-33-17-19)21-9-11-28(32)23-15-20-3-2-4-22-25(20)27(28,26(21)34-22)12-13-30(23)16-18-5-6-18/h2-4,7-8,10,14,17-18,21,23,26,32H,5-6,9,11-13,15-16H2,1H3/b8-7+/t21-,23-,26+,27+,28?/m1/s1. The second-order valence-electron chi connectivity index (χ2n) is 11.1. The SMILES string of the molecule is CN(C(=O)/C=C/c1ccoc1)[C@@H]1CCC2(O)[C@H]3Cc4cccc5c4[C@@]2(CCN3CC2CC2)[C@H]1O5. The highest BCUT2D eigenvalue weighted by molar-refractivity contribution is 5.91. The third-order valence-corrected chi connectivity index (χ3v) is 9.44. The first-order chi connectivity index (χ1) is 16.5. The van der Waals surface area contributed by atoms with Crippen LogP contribution in [0.15, 0.2) is 47.3 Å². The molecule has 0 radical (unpaired) electrons. The minimum atomic E-state index is -0.822. The van der Waals surface area contributed by atoms with Crippen LogP contribution >= 0.6 is 0 Å². The zero-order valence-corrected chi connectivity index (χ0v) is 19.7. The number of hydrogen-bond acceptors (Lipinski definition) is 5. The van der Waals surface area contributed by atoms with E-state index in [1.807, 2.05) is 18.0 Å². The van der Waals surface area contributed by atoms with Crippen molar-refractivity contribution in [1.29, 1.82) is 0 Å². The summed E-state index contributed by atoms with van der Waals surface area (Å²) in [7, 11) is 1.88. The number of ether oxygens (including phenoxy) is 1. The van der Waals surface area contributed by atoms with Crippen molar-refractivity contribution in [3.8, 4) is 5.75 Å². The molecule has 2 aromatic rings. The number of aliphatic hydroxyl groups is 1. The Kier molecular flexibility index (Phi) is 4.41. The van der Waals surface area contributed by atoms with Gasteiger partial charge in [0.05, 0.1) is 29.6 Å². The minimum absolute atomic E-state index is 0.0497. The maximum absolute atomic E-state index is 13.2. The van der Waals surface area contributed by atoms with Gasteiger partial charge in [-0.1, -0.05) is 12.1 Å². The van der Waals surface area contributed by atoms with Crippen LogP contribution in [0.25, 0.3) is 6.08 Å². The van der Waals surface area contributed by atoms with Crippen molar-refractivity contribution in [3.05, 3.63) is 59.6 Å². The molecular formula is C28H32N2O4. The van der Waals surface area contributed by atoms with Crippen molar-refractivity contribution in [2.75, 3.05) is 20.1 Å². The lowest BCUT2D eigenvalue weighted by Gasteiger charge is -2.64. The maximum Gasteiger partial charge on any atom is 0.246 e. The lowest BCUT2D eigenvalue weighted by Crippen LogP contribution is -2.78. The van der Waals surface area contributed by atoms with Gasteiger partial charge < -0.3 is 19.2 Å². The summed E-state index contributed by atoms with van der Waals surface area (Å²) in [5.41, 5.74) is 2.14. The molecule has 1 aromatic carbocycles. The summed E-state index contributed by atoms with van der Waals surface area (Å²) in [4.78, 5) is 17.6. The number of nitrogens with zero attached hydrogens (tertiary/aromatic N) is 2. The van der Waals surface area contributed by atoms with Crippen LogP contribution in [0, 0.1) is 5.92 Å². The predicted octanol–water partition coefficient (Wildman–Crippen LogP) is 3.38. The summed E-state index contributed by atoms with van der Waals surface area (Å²) in [6, 6.07) is 8.24. The molecule has 1 spiro atoms. The van der Waals surface area contributed by atoms with Crippen LogP contribution in [-0.2, 0) is 16.6 Å². The number of likely N-dealkylation sites (tertiary alicyclic amines) is 1. The molecule has 6 heteroatoms. The number of hydrogen-bond donors (Lipinski definition) is 1.